The highest BCUT2D eigenvalue weighted by Crippen LogP contribution is 2.28. The van der Waals surface area contributed by atoms with Crippen LogP contribution in [0.2, 0.25) is 0 Å². The lowest BCUT2D eigenvalue weighted by Gasteiger charge is -2.08. The maximum atomic E-state index is 12.1. The zero-order chi connectivity index (χ0) is 19.2. The largest absolute Gasteiger partial charge is 0.497 e. The Bertz CT molecular complexity index is 985. The van der Waals surface area contributed by atoms with E-state index < -0.39 is 0 Å². The standard InChI is InChI=1S/C21H21N3O2S/c1-14-4-9-19-18(10-14)20(11-15(2)23-19)27-13-21(25)24-22-12-16-5-7-17(26-3)8-6-16/h4-12H,13H2,1-3H3,(H,24,25)/b22-12+. The summed E-state index contributed by atoms with van der Waals surface area (Å²) in [5, 5.41) is 5.08. The molecule has 1 N–H and O–H groups in total. The molecule has 0 saturated carbocycles. The number of thioether (sulfide) groups is 1. The van der Waals surface area contributed by atoms with Crippen LogP contribution >= 0.6 is 11.8 Å². The molecule has 27 heavy (non-hydrogen) atoms. The summed E-state index contributed by atoms with van der Waals surface area (Å²) in [6.07, 6.45) is 1.61. The number of nitrogens with zero attached hydrogens (tertiary/aromatic N) is 2. The van der Waals surface area contributed by atoms with E-state index in [4.69, 9.17) is 4.74 Å². The Morgan fingerprint density at radius 1 is 1.19 bits per heavy atom. The molecule has 6 heteroatoms. The van der Waals surface area contributed by atoms with E-state index in [-0.39, 0.29) is 11.7 Å². The van der Waals surface area contributed by atoms with Crippen LogP contribution in [0.25, 0.3) is 10.9 Å². The van der Waals surface area contributed by atoms with Crippen molar-refractivity contribution in [3.05, 3.63) is 65.4 Å². The molecule has 0 spiro atoms. The molecular weight excluding hydrogens is 358 g/mol. The molecule has 0 saturated heterocycles. The molecule has 2 aromatic carbocycles. The molecule has 138 valence electrons. The average Bonchev–Trinajstić information content (AvgIpc) is 2.67. The van der Waals surface area contributed by atoms with E-state index in [0.717, 1.165) is 32.8 Å². The Kier molecular flexibility index (Phi) is 6.08. The normalized spacial score (nSPS) is 11.1. The monoisotopic (exact) mass is 379 g/mol. The number of pyridine rings is 1. The van der Waals surface area contributed by atoms with Crippen molar-refractivity contribution in [1.82, 2.24) is 10.4 Å². The molecule has 0 radical (unpaired) electrons. The maximum absolute atomic E-state index is 12.1. The van der Waals surface area contributed by atoms with Gasteiger partial charge in [0.15, 0.2) is 0 Å². The quantitative estimate of drug-likeness (QED) is 0.398. The second-order valence-electron chi connectivity index (χ2n) is 6.14. The molecule has 5 nitrogen and oxygen atoms in total. The van der Waals surface area contributed by atoms with Gasteiger partial charge in [-0.2, -0.15) is 5.10 Å². The molecule has 0 unspecified atom stereocenters. The highest BCUT2D eigenvalue weighted by atomic mass is 32.2. The molecule has 0 atom stereocenters. The summed E-state index contributed by atoms with van der Waals surface area (Å²) in [5.41, 5.74) is 6.50. The van der Waals surface area contributed by atoms with Crippen molar-refractivity contribution in [1.29, 1.82) is 0 Å². The lowest BCUT2D eigenvalue weighted by molar-refractivity contribution is -0.118. The Labute approximate surface area is 162 Å². The Hall–Kier alpha value is -2.86. The number of carbonyl (C=O) groups is 1. The van der Waals surface area contributed by atoms with Crippen molar-refractivity contribution < 1.29 is 9.53 Å². The van der Waals surface area contributed by atoms with E-state index in [9.17, 15) is 4.79 Å². The number of rotatable bonds is 6. The Balaban J connectivity index is 1.61. The van der Waals surface area contributed by atoms with E-state index in [2.05, 4.69) is 21.6 Å². The van der Waals surface area contributed by atoms with Gasteiger partial charge in [0.1, 0.15) is 5.75 Å². The van der Waals surface area contributed by atoms with Crippen LogP contribution in [0.5, 0.6) is 5.75 Å². The summed E-state index contributed by atoms with van der Waals surface area (Å²) in [6, 6.07) is 15.6. The van der Waals surface area contributed by atoms with Gasteiger partial charge < -0.3 is 4.74 Å². The summed E-state index contributed by atoms with van der Waals surface area (Å²) in [4.78, 5) is 17.7. The fourth-order valence-electron chi connectivity index (χ4n) is 2.60. The number of hydrazone groups is 1. The predicted molar refractivity (Wildman–Crippen MR) is 111 cm³/mol. The Morgan fingerprint density at radius 3 is 2.70 bits per heavy atom. The van der Waals surface area contributed by atoms with Gasteiger partial charge in [-0.15, -0.1) is 11.8 Å². The molecule has 0 aliphatic rings. The summed E-state index contributed by atoms with van der Waals surface area (Å²) in [7, 11) is 1.62. The van der Waals surface area contributed by atoms with Gasteiger partial charge in [0.05, 0.1) is 24.6 Å². The van der Waals surface area contributed by atoms with Gasteiger partial charge >= 0.3 is 0 Å². The minimum Gasteiger partial charge on any atom is -0.497 e. The molecule has 0 aliphatic carbocycles. The third-order valence-corrected chi connectivity index (χ3v) is 4.99. The average molecular weight is 379 g/mol. The number of methoxy groups -OCH3 is 1. The van der Waals surface area contributed by atoms with Crippen molar-refractivity contribution >= 4 is 34.8 Å². The highest BCUT2D eigenvalue weighted by Gasteiger charge is 2.08. The predicted octanol–water partition coefficient (Wildman–Crippen LogP) is 4.10. The van der Waals surface area contributed by atoms with Gasteiger partial charge in [-0.25, -0.2) is 5.43 Å². The molecule has 0 bridgehead atoms. The van der Waals surface area contributed by atoms with Crippen LogP contribution in [0.1, 0.15) is 16.8 Å². The van der Waals surface area contributed by atoms with Crippen molar-refractivity contribution in [3.63, 3.8) is 0 Å². The number of aromatic nitrogens is 1. The molecule has 1 aromatic heterocycles. The molecular formula is C21H21N3O2S. The topological polar surface area (TPSA) is 63.6 Å². The second kappa shape index (κ2) is 8.68. The Morgan fingerprint density at radius 2 is 1.96 bits per heavy atom. The summed E-state index contributed by atoms with van der Waals surface area (Å²) < 4.78 is 5.11. The lowest BCUT2D eigenvalue weighted by Crippen LogP contribution is -2.19. The van der Waals surface area contributed by atoms with E-state index in [1.165, 1.54) is 17.3 Å². The molecule has 0 aliphatic heterocycles. The van der Waals surface area contributed by atoms with Gasteiger partial charge in [0.25, 0.3) is 0 Å². The van der Waals surface area contributed by atoms with Crippen molar-refractivity contribution in [2.75, 3.05) is 12.9 Å². The van der Waals surface area contributed by atoms with Gasteiger partial charge in [0.2, 0.25) is 5.91 Å². The lowest BCUT2D eigenvalue weighted by atomic mass is 10.1. The van der Waals surface area contributed by atoms with Crippen molar-refractivity contribution in [3.8, 4) is 5.75 Å². The number of ether oxygens (including phenoxy) is 1. The number of amides is 1. The summed E-state index contributed by atoms with van der Waals surface area (Å²) in [5.74, 6) is 0.912. The number of carbonyl (C=O) groups excluding carboxylic acids is 1. The van der Waals surface area contributed by atoms with Crippen LogP contribution in [-0.2, 0) is 4.79 Å². The first-order valence-electron chi connectivity index (χ1n) is 8.52. The SMILES string of the molecule is COc1ccc(/C=N/NC(=O)CSc2cc(C)nc3ccc(C)cc23)cc1. The van der Waals surface area contributed by atoms with Crippen LogP contribution in [0.3, 0.4) is 0 Å². The van der Waals surface area contributed by atoms with Gasteiger partial charge in [0, 0.05) is 16.0 Å². The number of nitrogens with one attached hydrogen (secondary N) is 1. The van der Waals surface area contributed by atoms with E-state index in [1.807, 2.05) is 56.3 Å². The minimum absolute atomic E-state index is 0.153. The highest BCUT2D eigenvalue weighted by molar-refractivity contribution is 8.00. The van der Waals surface area contributed by atoms with Gasteiger partial charge in [-0.1, -0.05) is 11.6 Å². The third kappa shape index (κ3) is 5.08. The fraction of sp³-hybridized carbons (Fsp3) is 0.190. The van der Waals surface area contributed by atoms with E-state index in [0.29, 0.717) is 0 Å². The molecule has 3 rings (SSSR count). The zero-order valence-electron chi connectivity index (χ0n) is 15.5. The number of aryl methyl sites for hydroxylation is 2. The van der Waals surface area contributed by atoms with Gasteiger partial charge in [-0.3, -0.25) is 9.78 Å². The fourth-order valence-corrected chi connectivity index (χ4v) is 3.52. The first kappa shape index (κ1) is 18.9. The minimum atomic E-state index is -0.153. The van der Waals surface area contributed by atoms with Crippen LogP contribution in [-0.4, -0.2) is 30.0 Å². The van der Waals surface area contributed by atoms with Crippen molar-refractivity contribution in [2.24, 2.45) is 5.10 Å². The smallest absolute Gasteiger partial charge is 0.250 e. The second-order valence-corrected chi connectivity index (χ2v) is 7.15. The van der Waals surface area contributed by atoms with Crippen LogP contribution in [0.15, 0.2) is 58.5 Å². The summed E-state index contributed by atoms with van der Waals surface area (Å²) in [6.45, 7) is 4.01. The van der Waals surface area contributed by atoms with Crippen LogP contribution < -0.4 is 10.2 Å². The third-order valence-electron chi connectivity index (χ3n) is 3.93. The molecule has 1 heterocycles. The van der Waals surface area contributed by atoms with Crippen LogP contribution in [0, 0.1) is 13.8 Å². The van der Waals surface area contributed by atoms with Crippen LogP contribution in [0.4, 0.5) is 0 Å². The first-order chi connectivity index (χ1) is 13.0. The number of hydrogen-bond acceptors (Lipinski definition) is 5. The molecule has 1 amide bonds. The number of fused-ring (bicyclic) bond motifs is 1. The van der Waals surface area contributed by atoms with E-state index >= 15 is 0 Å². The molecule has 0 fully saturated rings. The number of benzene rings is 2. The maximum Gasteiger partial charge on any atom is 0.250 e. The zero-order valence-corrected chi connectivity index (χ0v) is 16.3. The molecule has 3 aromatic rings. The first-order valence-corrected chi connectivity index (χ1v) is 9.50. The summed E-state index contributed by atoms with van der Waals surface area (Å²) >= 11 is 1.49. The number of hydrogen-bond donors (Lipinski definition) is 1. The van der Waals surface area contributed by atoms with Gasteiger partial charge in [-0.05, 0) is 61.9 Å². The van der Waals surface area contributed by atoms with Crippen molar-refractivity contribution in [2.45, 2.75) is 18.7 Å². The van der Waals surface area contributed by atoms with E-state index in [1.54, 1.807) is 13.3 Å².